The largest absolute Gasteiger partial charge is 0.514 e. The van der Waals surface area contributed by atoms with Gasteiger partial charge in [-0.05, 0) is 92.2 Å². The second-order valence-corrected chi connectivity index (χ2v) is 16.1. The maximum atomic E-state index is 12.4. The summed E-state index contributed by atoms with van der Waals surface area (Å²) in [6, 6.07) is 5.25. The van der Waals surface area contributed by atoms with Crippen molar-refractivity contribution in [3.63, 3.8) is 0 Å². The highest BCUT2D eigenvalue weighted by molar-refractivity contribution is 5.64. The molecule has 0 amide bonds. The van der Waals surface area contributed by atoms with Crippen molar-refractivity contribution in [2.75, 3.05) is 27.4 Å². The monoisotopic (exact) mass is 749 g/mol. The Kier molecular flexibility index (Phi) is 11.8. The normalized spacial score (nSPS) is 40.2. The first kappa shape index (κ1) is 39.8. The molecule has 4 saturated heterocycles. The molecule has 0 radical (unpaired) electrons. The van der Waals surface area contributed by atoms with Gasteiger partial charge in [0.25, 0.3) is 5.69 Å². The topological polar surface area (TPSA) is 167 Å². The number of methoxy groups -OCH3 is 2. The number of benzene rings is 1. The van der Waals surface area contributed by atoms with Crippen LogP contribution in [0.25, 0.3) is 0 Å². The summed E-state index contributed by atoms with van der Waals surface area (Å²) >= 11 is 0. The zero-order chi connectivity index (χ0) is 39.6. The number of aliphatic hydroxyl groups excluding tert-OH is 1. The number of hydrogen-bond acceptors (Lipinski definition) is 12. The van der Waals surface area contributed by atoms with E-state index in [4.69, 9.17) is 40.9 Å². The minimum Gasteiger partial charge on any atom is -0.428 e. The fourth-order valence-electron chi connectivity index (χ4n) is 8.91. The minimum absolute atomic E-state index is 0. The van der Waals surface area contributed by atoms with Crippen LogP contribution in [0.3, 0.4) is 0 Å². The van der Waals surface area contributed by atoms with E-state index in [-0.39, 0.29) is 65.8 Å². The summed E-state index contributed by atoms with van der Waals surface area (Å²) in [6.07, 6.45) is 6.99. The van der Waals surface area contributed by atoms with E-state index in [1.807, 2.05) is 0 Å². The van der Waals surface area contributed by atoms with Crippen molar-refractivity contribution in [2.24, 2.45) is 11.8 Å². The van der Waals surface area contributed by atoms with Crippen molar-refractivity contribution < 1.29 is 55.7 Å². The average molecular weight is 750 g/mol. The second kappa shape index (κ2) is 15.7. The van der Waals surface area contributed by atoms with Crippen LogP contribution >= 0.6 is 0 Å². The van der Waals surface area contributed by atoms with E-state index in [9.17, 15) is 20.0 Å². The van der Waals surface area contributed by atoms with Crippen LogP contribution in [-0.4, -0.2) is 103 Å². The third-order valence-corrected chi connectivity index (χ3v) is 12.0. The van der Waals surface area contributed by atoms with E-state index >= 15 is 0 Å². The number of rotatable bonds is 11. The molecule has 7 rings (SSSR count). The van der Waals surface area contributed by atoms with Crippen molar-refractivity contribution in [1.29, 1.82) is 0 Å². The summed E-state index contributed by atoms with van der Waals surface area (Å²) in [4.78, 5) is 22.7. The number of aliphatic hydroxyl groups is 1. The summed E-state index contributed by atoms with van der Waals surface area (Å²) < 4.78 is 56.2. The van der Waals surface area contributed by atoms with E-state index < -0.39 is 35.0 Å². The molecule has 1 N–H and O–H groups in total. The van der Waals surface area contributed by atoms with Crippen LogP contribution < -0.4 is 4.74 Å². The van der Waals surface area contributed by atoms with Crippen LogP contribution in [0.2, 0.25) is 0 Å². The van der Waals surface area contributed by atoms with Crippen LogP contribution in [0.4, 0.5) is 10.5 Å². The molecule has 6 aliphatic rings. The van der Waals surface area contributed by atoms with Crippen LogP contribution in [-0.2, 0) is 33.2 Å². The van der Waals surface area contributed by atoms with Crippen LogP contribution in [0.15, 0.2) is 47.6 Å². The molecule has 1 aromatic rings. The molecule has 4 heterocycles. The lowest BCUT2D eigenvalue weighted by Gasteiger charge is -2.42. The van der Waals surface area contributed by atoms with Crippen molar-refractivity contribution >= 4 is 11.8 Å². The molecule has 13 nitrogen and oxygen atoms in total. The SMILES string of the molecule is C.CO[C@@H]1[C@H](O)CC[C@]2(CO2)[C@H]1[C@]1(C)O[C@@H]1CC=C(C)C.CO[C@@H]1[C@H](OC(=O)Oc2ccc([N+](=O)[O-])cc2)CC[C@]2(CO2)[C@H]1[C@]1(C)O[C@@H]1CC=C(C)C.[2H][2H]. The second-order valence-electron chi connectivity index (χ2n) is 16.1. The Morgan fingerprint density at radius 2 is 1.38 bits per heavy atom. The number of hydrogen-bond donors (Lipinski definition) is 1. The Morgan fingerprint density at radius 3 is 1.81 bits per heavy atom. The predicted octanol–water partition coefficient (Wildman–Crippen LogP) is 7.12. The van der Waals surface area contributed by atoms with Crippen LogP contribution in [0.1, 0.15) is 90.5 Å². The molecular weight excluding hydrogens is 686 g/mol. The maximum absolute atomic E-state index is 12.4. The lowest BCUT2D eigenvalue weighted by Crippen LogP contribution is -2.55. The molecule has 298 valence electrons. The summed E-state index contributed by atoms with van der Waals surface area (Å²) in [6.45, 7) is 14.0. The van der Waals surface area contributed by atoms with Crippen molar-refractivity contribution in [2.45, 2.75) is 147 Å². The summed E-state index contributed by atoms with van der Waals surface area (Å²) in [5.74, 6) is 0.212. The third kappa shape index (κ3) is 8.51. The molecule has 0 unspecified atom stereocenters. The first-order valence-electron chi connectivity index (χ1n) is 19.4. The lowest BCUT2D eigenvalue weighted by molar-refractivity contribution is -0.384. The first-order valence-corrected chi connectivity index (χ1v) is 18.4. The molecule has 1 aromatic carbocycles. The predicted molar refractivity (Wildman–Crippen MR) is 198 cm³/mol. The Morgan fingerprint density at radius 1 is 0.906 bits per heavy atom. The van der Waals surface area contributed by atoms with E-state index in [0.717, 1.165) is 38.7 Å². The summed E-state index contributed by atoms with van der Waals surface area (Å²) in [5.41, 5.74) is 1.38. The van der Waals surface area contributed by atoms with Gasteiger partial charge in [0, 0.05) is 29.3 Å². The first-order chi connectivity index (χ1) is 25.6. The quantitative estimate of drug-likeness (QED) is 0.0608. The van der Waals surface area contributed by atoms with E-state index in [2.05, 4.69) is 53.7 Å². The van der Waals surface area contributed by atoms with E-state index in [0.29, 0.717) is 13.0 Å². The fraction of sp³-hybridized carbons (Fsp3) is 0.725. The Labute approximate surface area is 316 Å². The molecule has 2 saturated carbocycles. The van der Waals surface area contributed by atoms with Crippen molar-refractivity contribution in [3.8, 4) is 5.75 Å². The number of epoxide rings is 4. The van der Waals surface area contributed by atoms with Gasteiger partial charge in [-0.3, -0.25) is 10.1 Å². The third-order valence-electron chi connectivity index (χ3n) is 12.0. The highest BCUT2D eigenvalue weighted by Gasteiger charge is 2.73. The number of nitro groups is 1. The number of nitro benzene ring substituents is 1. The van der Waals surface area contributed by atoms with E-state index in [1.165, 1.54) is 35.4 Å². The fourth-order valence-corrected chi connectivity index (χ4v) is 8.91. The molecule has 4 aliphatic heterocycles. The number of carbonyl (C=O) groups excluding carboxylic acids is 1. The minimum atomic E-state index is -0.875. The molecular formula is C40H61NO12. The highest BCUT2D eigenvalue weighted by Crippen LogP contribution is 2.61. The van der Waals surface area contributed by atoms with Gasteiger partial charge >= 0.3 is 6.16 Å². The average Bonchev–Trinajstić information content (AvgIpc) is 4.01. The molecule has 6 fully saturated rings. The Hall–Kier alpha value is -2.91. The zero-order valence-electron chi connectivity index (χ0n) is 33.6. The Balaban J connectivity index is 0.000000252. The van der Waals surface area contributed by atoms with Gasteiger partial charge in [-0.1, -0.05) is 30.7 Å². The van der Waals surface area contributed by atoms with Gasteiger partial charge in [0.15, 0.2) is 0 Å². The summed E-state index contributed by atoms with van der Waals surface area (Å²) in [5, 5.41) is 21.0. The molecule has 2 aliphatic carbocycles. The van der Waals surface area contributed by atoms with Gasteiger partial charge in [-0.2, -0.15) is 0 Å². The highest BCUT2D eigenvalue weighted by atomic mass is 16.7. The van der Waals surface area contributed by atoms with Gasteiger partial charge < -0.3 is 43.0 Å². The number of nitrogens with zero attached hydrogens (tertiary/aromatic N) is 1. The van der Waals surface area contributed by atoms with Gasteiger partial charge in [0.1, 0.15) is 34.8 Å². The van der Waals surface area contributed by atoms with Crippen LogP contribution in [0.5, 0.6) is 5.75 Å². The number of non-ortho nitro benzene ring substituents is 1. The number of allylic oxidation sites excluding steroid dienone is 2. The molecule has 53 heavy (non-hydrogen) atoms. The molecule has 0 bridgehead atoms. The lowest BCUT2D eigenvalue weighted by atomic mass is 9.68. The van der Waals surface area contributed by atoms with Crippen molar-refractivity contribution in [1.82, 2.24) is 0 Å². The van der Waals surface area contributed by atoms with Gasteiger partial charge in [-0.25, -0.2) is 4.79 Å². The maximum Gasteiger partial charge on any atom is 0.514 e. The Bertz CT molecular complexity index is 1540. The van der Waals surface area contributed by atoms with Crippen LogP contribution in [0, 0.1) is 22.0 Å². The van der Waals surface area contributed by atoms with Gasteiger partial charge in [-0.15, -0.1) is 0 Å². The number of carbonyl (C=O) groups is 1. The number of ether oxygens (including phenoxy) is 8. The van der Waals surface area contributed by atoms with Gasteiger partial charge in [0.05, 0.1) is 60.0 Å². The molecule has 2 spiro atoms. The molecule has 12 atom stereocenters. The summed E-state index contributed by atoms with van der Waals surface area (Å²) in [7, 11) is 3.28. The van der Waals surface area contributed by atoms with Crippen molar-refractivity contribution in [3.05, 3.63) is 57.7 Å². The van der Waals surface area contributed by atoms with Gasteiger partial charge in [0.2, 0.25) is 0 Å². The zero-order valence-corrected chi connectivity index (χ0v) is 31.6. The standard InChI is InChI=1S/C23H29NO8.C16H26O4.CH4.H2/c1-14(2)5-10-18-22(3,32-18)20-19(28-4)17(11-12-23(20)13-29-23)31-21(25)30-16-8-6-15(7-9-16)24(26)27;1-10(2)5-6-12-15(3,20-12)14-13(18-4)11(17)7-8-16(14)9-19-16;;/h5-9,17-20H,10-13H2,1-4H3;5,11-14,17H,6-9H2,1-4H3;1H4;1H/t17-,18-,19-,20-,22-,23+;11-,12-,13-,14-,15-,16+;;/m11../s1/i;;;1+1D. The smallest absolute Gasteiger partial charge is 0.428 e. The molecule has 13 heteroatoms. The molecule has 0 aromatic heterocycles. The van der Waals surface area contributed by atoms with E-state index in [1.54, 1.807) is 14.2 Å².